The molecule has 0 radical (unpaired) electrons. The van der Waals surface area contributed by atoms with Gasteiger partial charge in [-0.2, -0.15) is 0 Å². The molecule has 1 aromatic carbocycles. The number of aromatic nitrogens is 1. The SMILES string of the molecule is O=C1C(=CC2=CC=C(N3Cc4sc5cccnc5c4C3)C2)C(=O)c2ccccc21. The number of allylic oxidation sites excluding steroid dienone is 5. The number of hydrogen-bond donors (Lipinski definition) is 0. The highest BCUT2D eigenvalue weighted by Gasteiger charge is 2.33. The second kappa shape index (κ2) is 6.09. The van der Waals surface area contributed by atoms with E-state index in [4.69, 9.17) is 0 Å². The van der Waals surface area contributed by atoms with Crippen molar-refractivity contribution in [2.45, 2.75) is 19.5 Å². The van der Waals surface area contributed by atoms with E-state index >= 15 is 0 Å². The molecule has 0 N–H and O–H groups in total. The Labute approximate surface area is 171 Å². The molecule has 3 aromatic rings. The largest absolute Gasteiger partial charge is 0.365 e. The molecule has 4 nitrogen and oxygen atoms in total. The standard InChI is InChI=1S/C24H16N2O2S/c27-23-16-4-1-2-5-17(16)24(28)18(23)11-14-7-8-15(10-14)26-12-19-21(13-26)29-20-6-3-9-25-22(19)20/h1-9,11H,10,12-13H2. The van der Waals surface area contributed by atoms with Crippen molar-refractivity contribution >= 4 is 33.1 Å². The number of carbonyl (C=O) groups is 2. The average molecular weight is 396 g/mol. The molecule has 3 aliphatic rings. The molecule has 6 rings (SSSR count). The van der Waals surface area contributed by atoms with Crippen LogP contribution >= 0.6 is 11.3 Å². The van der Waals surface area contributed by atoms with Crippen molar-refractivity contribution in [2.24, 2.45) is 0 Å². The van der Waals surface area contributed by atoms with Crippen molar-refractivity contribution in [2.75, 3.05) is 0 Å². The van der Waals surface area contributed by atoms with Gasteiger partial charge in [0.2, 0.25) is 0 Å². The van der Waals surface area contributed by atoms with Gasteiger partial charge in [0, 0.05) is 46.4 Å². The summed E-state index contributed by atoms with van der Waals surface area (Å²) in [7, 11) is 0. The summed E-state index contributed by atoms with van der Waals surface area (Å²) in [5.41, 5.74) is 5.97. The summed E-state index contributed by atoms with van der Waals surface area (Å²) in [5, 5.41) is 0. The van der Waals surface area contributed by atoms with Crippen molar-refractivity contribution < 1.29 is 9.59 Å². The van der Waals surface area contributed by atoms with Crippen molar-refractivity contribution in [3.8, 4) is 0 Å². The first-order valence-corrected chi connectivity index (χ1v) is 10.4. The summed E-state index contributed by atoms with van der Waals surface area (Å²) in [6.45, 7) is 1.75. The molecule has 3 heterocycles. The maximum Gasteiger partial charge on any atom is 0.197 e. The van der Waals surface area contributed by atoms with Crippen LogP contribution in [0.2, 0.25) is 0 Å². The molecule has 2 aromatic heterocycles. The number of fused-ring (bicyclic) bond motifs is 4. The molecular formula is C24H16N2O2S. The van der Waals surface area contributed by atoms with Crippen LogP contribution in [0.1, 0.15) is 37.6 Å². The minimum absolute atomic E-state index is 0.166. The molecular weight excluding hydrogens is 380 g/mol. The van der Waals surface area contributed by atoms with E-state index in [1.165, 1.54) is 20.8 Å². The van der Waals surface area contributed by atoms with E-state index in [0.29, 0.717) is 11.1 Å². The van der Waals surface area contributed by atoms with Gasteiger partial charge in [0.15, 0.2) is 11.6 Å². The molecule has 0 saturated heterocycles. The Kier molecular flexibility index (Phi) is 3.49. The average Bonchev–Trinajstić information content (AvgIpc) is 3.48. The quantitative estimate of drug-likeness (QED) is 0.460. The maximum atomic E-state index is 12.6. The smallest absolute Gasteiger partial charge is 0.197 e. The summed E-state index contributed by atoms with van der Waals surface area (Å²) in [6.07, 6.45) is 8.49. The Morgan fingerprint density at radius 3 is 2.55 bits per heavy atom. The van der Waals surface area contributed by atoms with E-state index in [0.717, 1.165) is 30.6 Å². The Balaban J connectivity index is 1.21. The van der Waals surface area contributed by atoms with E-state index in [9.17, 15) is 9.59 Å². The van der Waals surface area contributed by atoms with Gasteiger partial charge in [0.25, 0.3) is 0 Å². The number of nitrogens with zero attached hydrogens (tertiary/aromatic N) is 2. The van der Waals surface area contributed by atoms with E-state index in [2.05, 4.69) is 22.0 Å². The number of ketones is 2. The highest BCUT2D eigenvalue weighted by atomic mass is 32.1. The topological polar surface area (TPSA) is 50.3 Å². The van der Waals surface area contributed by atoms with Gasteiger partial charge in [-0.05, 0) is 29.9 Å². The van der Waals surface area contributed by atoms with Crippen molar-refractivity contribution in [1.29, 1.82) is 0 Å². The number of carbonyl (C=O) groups excluding carboxylic acids is 2. The van der Waals surface area contributed by atoms with Crippen LogP contribution in [-0.2, 0) is 13.1 Å². The lowest BCUT2D eigenvalue weighted by atomic mass is 10.1. The summed E-state index contributed by atoms with van der Waals surface area (Å²) in [6, 6.07) is 11.2. The third kappa shape index (κ3) is 2.47. The predicted octanol–water partition coefficient (Wildman–Crippen LogP) is 4.83. The molecule has 0 unspecified atom stereocenters. The zero-order chi connectivity index (χ0) is 19.5. The number of Topliss-reactive ketones (excluding diaryl/α,β-unsaturated/α-hetero) is 2. The van der Waals surface area contributed by atoms with Gasteiger partial charge in [-0.3, -0.25) is 14.6 Å². The Bertz CT molecular complexity index is 1290. The number of rotatable bonds is 2. The van der Waals surface area contributed by atoms with Crippen LogP contribution in [0.15, 0.2) is 77.7 Å². The fourth-order valence-electron chi connectivity index (χ4n) is 4.38. The molecule has 0 amide bonds. The van der Waals surface area contributed by atoms with Gasteiger partial charge in [0.05, 0.1) is 22.3 Å². The van der Waals surface area contributed by atoms with Gasteiger partial charge in [0.1, 0.15) is 0 Å². The molecule has 0 spiro atoms. The zero-order valence-electron chi connectivity index (χ0n) is 15.5. The Hall–Kier alpha value is -3.31. The molecule has 0 atom stereocenters. The molecule has 0 bridgehead atoms. The zero-order valence-corrected chi connectivity index (χ0v) is 16.3. The first kappa shape index (κ1) is 16.6. The van der Waals surface area contributed by atoms with Crippen LogP contribution < -0.4 is 0 Å². The van der Waals surface area contributed by atoms with Crippen LogP contribution in [0, 0.1) is 0 Å². The van der Waals surface area contributed by atoms with Crippen LogP contribution in [0.4, 0.5) is 0 Å². The van der Waals surface area contributed by atoms with Crippen LogP contribution in [0.5, 0.6) is 0 Å². The van der Waals surface area contributed by atoms with Crippen LogP contribution in [0.25, 0.3) is 10.2 Å². The minimum atomic E-state index is -0.166. The summed E-state index contributed by atoms with van der Waals surface area (Å²) >= 11 is 1.82. The molecule has 29 heavy (non-hydrogen) atoms. The fourth-order valence-corrected chi connectivity index (χ4v) is 5.56. The lowest BCUT2D eigenvalue weighted by Gasteiger charge is -2.19. The summed E-state index contributed by atoms with van der Waals surface area (Å²) < 4.78 is 1.25. The maximum absolute atomic E-state index is 12.6. The lowest BCUT2D eigenvalue weighted by Crippen LogP contribution is -2.15. The molecule has 2 aliphatic carbocycles. The third-order valence-electron chi connectivity index (χ3n) is 5.83. The van der Waals surface area contributed by atoms with Crippen molar-refractivity contribution in [3.63, 3.8) is 0 Å². The first-order valence-electron chi connectivity index (χ1n) is 9.59. The number of hydrogen-bond acceptors (Lipinski definition) is 5. The van der Waals surface area contributed by atoms with Crippen molar-refractivity contribution in [1.82, 2.24) is 9.88 Å². The highest BCUT2D eigenvalue weighted by Crippen LogP contribution is 2.40. The van der Waals surface area contributed by atoms with E-state index < -0.39 is 0 Å². The molecule has 5 heteroatoms. The molecule has 1 aliphatic heterocycles. The van der Waals surface area contributed by atoms with Gasteiger partial charge < -0.3 is 4.90 Å². The number of pyridine rings is 1. The predicted molar refractivity (Wildman–Crippen MR) is 113 cm³/mol. The molecule has 0 saturated carbocycles. The summed E-state index contributed by atoms with van der Waals surface area (Å²) in [4.78, 5) is 33.5. The summed E-state index contributed by atoms with van der Waals surface area (Å²) in [5.74, 6) is -0.332. The molecule has 140 valence electrons. The normalized spacial score (nSPS) is 17.7. The van der Waals surface area contributed by atoms with E-state index in [-0.39, 0.29) is 17.1 Å². The monoisotopic (exact) mass is 396 g/mol. The van der Waals surface area contributed by atoms with Crippen LogP contribution in [0.3, 0.4) is 0 Å². The van der Waals surface area contributed by atoms with Crippen molar-refractivity contribution in [3.05, 3.63) is 99.2 Å². The Morgan fingerprint density at radius 2 is 1.76 bits per heavy atom. The fraction of sp³-hybridized carbons (Fsp3) is 0.125. The number of benzene rings is 1. The third-order valence-corrected chi connectivity index (χ3v) is 7.00. The second-order valence-electron chi connectivity index (χ2n) is 7.55. The number of thiophene rings is 1. The highest BCUT2D eigenvalue weighted by molar-refractivity contribution is 7.19. The van der Waals surface area contributed by atoms with Gasteiger partial charge >= 0.3 is 0 Å². The van der Waals surface area contributed by atoms with Gasteiger partial charge in [-0.15, -0.1) is 11.3 Å². The van der Waals surface area contributed by atoms with Crippen LogP contribution in [-0.4, -0.2) is 21.5 Å². The molecule has 0 fully saturated rings. The van der Waals surface area contributed by atoms with Gasteiger partial charge in [-0.1, -0.05) is 30.3 Å². The second-order valence-corrected chi connectivity index (χ2v) is 8.68. The van der Waals surface area contributed by atoms with E-state index in [1.54, 1.807) is 30.3 Å². The minimum Gasteiger partial charge on any atom is -0.365 e. The first-order chi connectivity index (χ1) is 14.2. The van der Waals surface area contributed by atoms with E-state index in [1.807, 2.05) is 29.7 Å². The lowest BCUT2D eigenvalue weighted by molar-refractivity contribution is 0.0988. The van der Waals surface area contributed by atoms with Gasteiger partial charge in [-0.25, -0.2) is 0 Å². The Morgan fingerprint density at radius 1 is 0.966 bits per heavy atom.